The van der Waals surface area contributed by atoms with E-state index in [2.05, 4.69) is 0 Å². The molecule has 23 heavy (non-hydrogen) atoms. The number of benzene rings is 2. The third-order valence-electron chi connectivity index (χ3n) is 5.06. The predicted octanol–water partition coefficient (Wildman–Crippen LogP) is 2.47. The molecule has 1 saturated heterocycles. The van der Waals surface area contributed by atoms with Crippen LogP contribution in [0.5, 0.6) is 0 Å². The summed E-state index contributed by atoms with van der Waals surface area (Å²) in [6.07, 6.45) is 0.459. The van der Waals surface area contributed by atoms with Crippen molar-refractivity contribution in [3.8, 4) is 0 Å². The molecule has 0 radical (unpaired) electrons. The zero-order valence-corrected chi connectivity index (χ0v) is 13.5. The van der Waals surface area contributed by atoms with E-state index in [1.165, 1.54) is 0 Å². The molecule has 0 N–H and O–H groups in total. The normalized spacial score (nSPS) is 27.0. The summed E-state index contributed by atoms with van der Waals surface area (Å²) in [5, 5.41) is -0.695. The van der Waals surface area contributed by atoms with E-state index >= 15 is 0 Å². The molecule has 0 spiro atoms. The first-order valence-corrected chi connectivity index (χ1v) is 9.20. The molecule has 0 unspecified atom stereocenters. The number of carbonyl (C=O) groups excluding carboxylic acids is 1. The van der Waals surface area contributed by atoms with Crippen molar-refractivity contribution in [2.24, 2.45) is 0 Å². The van der Waals surface area contributed by atoms with E-state index in [-0.39, 0.29) is 11.8 Å². The summed E-state index contributed by atoms with van der Waals surface area (Å²) >= 11 is 0. The third kappa shape index (κ3) is 2.00. The average molecular weight is 327 g/mol. The molecule has 2 aliphatic rings. The van der Waals surface area contributed by atoms with Crippen molar-refractivity contribution < 1.29 is 13.2 Å². The smallest absolute Gasteiger partial charge is 0.183 e. The summed E-state index contributed by atoms with van der Waals surface area (Å²) < 4.78 is 26.1. The van der Waals surface area contributed by atoms with Crippen LogP contribution in [0.4, 0.5) is 0 Å². The first kappa shape index (κ1) is 14.6. The van der Waals surface area contributed by atoms with Gasteiger partial charge in [-0.1, -0.05) is 42.5 Å². The van der Waals surface area contributed by atoms with Crippen molar-refractivity contribution >= 4 is 15.6 Å². The number of ketones is 1. The summed E-state index contributed by atoms with van der Waals surface area (Å²) in [5.41, 5.74) is 1.62. The Morgan fingerprint density at radius 3 is 2.39 bits per heavy atom. The van der Waals surface area contributed by atoms with Crippen LogP contribution in [-0.2, 0) is 9.84 Å². The topological polar surface area (TPSA) is 54.5 Å². The summed E-state index contributed by atoms with van der Waals surface area (Å²) in [5.74, 6) is -0.0821. The van der Waals surface area contributed by atoms with Gasteiger partial charge in [0.2, 0.25) is 0 Å². The van der Waals surface area contributed by atoms with Gasteiger partial charge in [0.1, 0.15) is 0 Å². The zero-order chi connectivity index (χ0) is 16.2. The van der Waals surface area contributed by atoms with Crippen LogP contribution in [0.2, 0.25) is 0 Å². The van der Waals surface area contributed by atoms with E-state index in [1.54, 1.807) is 30.3 Å². The Kier molecular flexibility index (Phi) is 3.18. The van der Waals surface area contributed by atoms with E-state index in [0.29, 0.717) is 16.9 Å². The summed E-state index contributed by atoms with van der Waals surface area (Å²) in [7, 11) is -1.69. The first-order chi connectivity index (χ1) is 11.0. The Hall–Kier alpha value is -1.98. The fourth-order valence-corrected chi connectivity index (χ4v) is 5.90. The molecule has 5 heteroatoms. The standard InChI is InChI=1S/C18H17NO3S/c1-19-15-11-16(23(21,22)12-7-3-2-4-8-12)17(19)18(20)14-10-6-5-9-13(14)15/h2-10,15-17H,11H2,1H3/t15-,16+,17+/m0/s1. The van der Waals surface area contributed by atoms with Crippen LogP contribution in [-0.4, -0.2) is 37.4 Å². The quantitative estimate of drug-likeness (QED) is 0.850. The van der Waals surface area contributed by atoms with Crippen molar-refractivity contribution in [2.75, 3.05) is 7.05 Å². The Bertz CT molecular complexity index is 876. The van der Waals surface area contributed by atoms with Gasteiger partial charge in [-0.3, -0.25) is 9.69 Å². The first-order valence-electron chi connectivity index (χ1n) is 7.66. The number of hydrogen-bond acceptors (Lipinski definition) is 4. The van der Waals surface area contributed by atoms with Gasteiger partial charge in [-0.05, 0) is 31.2 Å². The van der Waals surface area contributed by atoms with Crippen molar-refractivity contribution in [3.05, 3.63) is 65.7 Å². The second-order valence-corrected chi connectivity index (χ2v) is 8.38. The maximum Gasteiger partial charge on any atom is 0.183 e. The summed E-state index contributed by atoms with van der Waals surface area (Å²) in [6, 6.07) is 15.3. The lowest BCUT2D eigenvalue weighted by Crippen LogP contribution is -2.46. The Morgan fingerprint density at radius 1 is 1.00 bits per heavy atom. The maximum atomic E-state index is 13.0. The molecule has 3 atom stereocenters. The second-order valence-electron chi connectivity index (χ2n) is 6.21. The minimum atomic E-state index is -3.54. The largest absolute Gasteiger partial charge is 0.292 e. The third-order valence-corrected chi connectivity index (χ3v) is 7.24. The highest BCUT2D eigenvalue weighted by Crippen LogP contribution is 2.46. The fraction of sp³-hybridized carbons (Fsp3) is 0.278. The van der Waals surface area contributed by atoms with Gasteiger partial charge in [0.05, 0.1) is 16.2 Å². The van der Waals surface area contributed by atoms with Crippen LogP contribution in [0.3, 0.4) is 0 Å². The van der Waals surface area contributed by atoms with Crippen molar-refractivity contribution in [2.45, 2.75) is 28.6 Å². The lowest BCUT2D eigenvalue weighted by molar-refractivity contribution is 0.0838. The minimum absolute atomic E-state index is 0.0163. The van der Waals surface area contributed by atoms with Gasteiger partial charge < -0.3 is 0 Å². The SMILES string of the molecule is CN1[C@H]2C[C@@H](S(=O)(=O)c3ccccc3)[C@@H]1C(=O)c1ccccc12. The minimum Gasteiger partial charge on any atom is -0.292 e. The fourth-order valence-electron chi connectivity index (χ4n) is 3.92. The van der Waals surface area contributed by atoms with Crippen molar-refractivity contribution in [1.82, 2.24) is 4.90 Å². The molecule has 0 amide bonds. The number of hydrogen-bond donors (Lipinski definition) is 0. The number of nitrogens with zero attached hydrogens (tertiary/aromatic N) is 1. The van der Waals surface area contributed by atoms with Crippen LogP contribution in [0.15, 0.2) is 59.5 Å². The number of likely N-dealkylation sites (N-methyl/N-ethyl adjacent to an activating group) is 1. The predicted molar refractivity (Wildman–Crippen MR) is 87.1 cm³/mol. The molecule has 0 aromatic heterocycles. The monoisotopic (exact) mass is 327 g/mol. The summed E-state index contributed by atoms with van der Waals surface area (Å²) in [4.78, 5) is 15.1. The number of fused-ring (bicyclic) bond motifs is 4. The molecule has 0 saturated carbocycles. The number of carbonyl (C=O) groups is 1. The lowest BCUT2D eigenvalue weighted by Gasteiger charge is -2.32. The molecule has 0 aliphatic carbocycles. The molecule has 1 fully saturated rings. The lowest BCUT2D eigenvalue weighted by atomic mass is 9.93. The second kappa shape index (κ2) is 5.01. The highest BCUT2D eigenvalue weighted by molar-refractivity contribution is 7.92. The van der Waals surface area contributed by atoms with Gasteiger partial charge in [-0.25, -0.2) is 8.42 Å². The Labute approximate surface area is 135 Å². The molecule has 4 nitrogen and oxygen atoms in total. The van der Waals surface area contributed by atoms with Gasteiger partial charge in [0.15, 0.2) is 15.6 Å². The number of sulfone groups is 1. The Balaban J connectivity index is 1.82. The molecule has 2 heterocycles. The molecule has 2 bridgehead atoms. The van der Waals surface area contributed by atoms with Crippen LogP contribution >= 0.6 is 0 Å². The van der Waals surface area contributed by atoms with E-state index < -0.39 is 21.1 Å². The molecule has 2 aromatic carbocycles. The number of Topliss-reactive ketones (excluding diaryl/α,β-unsaturated/α-hetero) is 1. The van der Waals surface area contributed by atoms with Crippen molar-refractivity contribution in [3.63, 3.8) is 0 Å². The number of rotatable bonds is 2. The molecule has 118 valence electrons. The van der Waals surface area contributed by atoms with E-state index in [0.717, 1.165) is 5.56 Å². The molecule has 4 rings (SSSR count). The van der Waals surface area contributed by atoms with Crippen molar-refractivity contribution in [1.29, 1.82) is 0 Å². The van der Waals surface area contributed by atoms with Crippen LogP contribution in [0, 0.1) is 0 Å². The van der Waals surface area contributed by atoms with Crippen LogP contribution in [0.1, 0.15) is 28.4 Å². The molecular formula is C18H17NO3S. The van der Waals surface area contributed by atoms with Crippen LogP contribution < -0.4 is 0 Å². The molecular weight excluding hydrogens is 310 g/mol. The average Bonchev–Trinajstić information content (AvgIpc) is 2.85. The van der Waals surface area contributed by atoms with Gasteiger partial charge >= 0.3 is 0 Å². The Morgan fingerprint density at radius 2 is 1.65 bits per heavy atom. The highest BCUT2D eigenvalue weighted by Gasteiger charge is 2.53. The van der Waals surface area contributed by atoms with Gasteiger partial charge in [0, 0.05) is 11.6 Å². The summed E-state index contributed by atoms with van der Waals surface area (Å²) in [6.45, 7) is 0. The van der Waals surface area contributed by atoms with Gasteiger partial charge in [0.25, 0.3) is 0 Å². The zero-order valence-electron chi connectivity index (χ0n) is 12.7. The van der Waals surface area contributed by atoms with E-state index in [9.17, 15) is 13.2 Å². The van der Waals surface area contributed by atoms with E-state index in [4.69, 9.17) is 0 Å². The molecule has 2 aliphatic heterocycles. The van der Waals surface area contributed by atoms with Crippen LogP contribution in [0.25, 0.3) is 0 Å². The highest BCUT2D eigenvalue weighted by atomic mass is 32.2. The maximum absolute atomic E-state index is 13.0. The van der Waals surface area contributed by atoms with Gasteiger partial charge in [-0.2, -0.15) is 0 Å². The van der Waals surface area contributed by atoms with Gasteiger partial charge in [-0.15, -0.1) is 0 Å². The van der Waals surface area contributed by atoms with E-state index in [1.807, 2.05) is 36.2 Å². The molecule has 2 aromatic rings.